The predicted molar refractivity (Wildman–Crippen MR) is 78.7 cm³/mol. The molecule has 4 nitrogen and oxygen atoms in total. The van der Waals surface area contributed by atoms with Gasteiger partial charge in [-0.15, -0.1) is 0 Å². The normalized spacial score (nSPS) is 12.7. The highest BCUT2D eigenvalue weighted by Gasteiger charge is 2.23. The zero-order chi connectivity index (χ0) is 15.3. The number of nitrogens with one attached hydrogen (secondary N) is 1. The van der Waals surface area contributed by atoms with Gasteiger partial charge in [0.2, 0.25) is 0 Å². The van der Waals surface area contributed by atoms with E-state index in [1.165, 1.54) is 0 Å². The maximum absolute atomic E-state index is 12.3. The summed E-state index contributed by atoms with van der Waals surface area (Å²) in [6.45, 7) is 9.81. The second-order valence-corrected chi connectivity index (χ2v) is 5.74. The first-order valence-electron chi connectivity index (χ1n) is 6.84. The van der Waals surface area contributed by atoms with E-state index < -0.39 is 12.0 Å². The van der Waals surface area contributed by atoms with Gasteiger partial charge in [0.1, 0.15) is 6.04 Å². The first kappa shape index (κ1) is 16.2. The standard InChI is InChI=1S/C16H23NO3/c1-6-20-15(19)11(2)17-14(18)12-9-7-8-10-13(12)16(3,4)5/h7-11H,6H2,1-5H3,(H,17,18). The van der Waals surface area contributed by atoms with Crippen LogP contribution < -0.4 is 5.32 Å². The molecule has 4 heteroatoms. The van der Waals surface area contributed by atoms with E-state index in [1.807, 2.05) is 39.0 Å². The fraction of sp³-hybridized carbons (Fsp3) is 0.500. The minimum Gasteiger partial charge on any atom is -0.464 e. The van der Waals surface area contributed by atoms with Crippen molar-refractivity contribution in [3.8, 4) is 0 Å². The second kappa shape index (κ2) is 6.55. The van der Waals surface area contributed by atoms with E-state index >= 15 is 0 Å². The summed E-state index contributed by atoms with van der Waals surface area (Å²) < 4.78 is 4.88. The van der Waals surface area contributed by atoms with E-state index in [9.17, 15) is 9.59 Å². The Balaban J connectivity index is 2.91. The Labute approximate surface area is 120 Å². The lowest BCUT2D eigenvalue weighted by Gasteiger charge is -2.23. The van der Waals surface area contributed by atoms with Gasteiger partial charge in [0, 0.05) is 5.56 Å². The predicted octanol–water partition coefficient (Wildman–Crippen LogP) is 2.67. The number of esters is 1. The smallest absolute Gasteiger partial charge is 0.328 e. The van der Waals surface area contributed by atoms with Gasteiger partial charge in [0.05, 0.1) is 6.61 Å². The van der Waals surface area contributed by atoms with E-state index in [4.69, 9.17) is 4.74 Å². The molecule has 0 bridgehead atoms. The summed E-state index contributed by atoms with van der Waals surface area (Å²) in [4.78, 5) is 23.9. The number of hydrogen-bond acceptors (Lipinski definition) is 3. The molecular formula is C16H23NO3. The van der Waals surface area contributed by atoms with Crippen LogP contribution in [0.3, 0.4) is 0 Å². The molecule has 1 aromatic rings. The number of carbonyl (C=O) groups is 2. The summed E-state index contributed by atoms with van der Waals surface area (Å²) in [6, 6.07) is 6.78. The largest absolute Gasteiger partial charge is 0.464 e. The third-order valence-electron chi connectivity index (χ3n) is 2.97. The fourth-order valence-corrected chi connectivity index (χ4v) is 1.94. The molecule has 0 aliphatic carbocycles. The molecule has 1 rings (SSSR count). The van der Waals surface area contributed by atoms with Gasteiger partial charge in [-0.05, 0) is 30.9 Å². The van der Waals surface area contributed by atoms with Crippen LogP contribution in [-0.2, 0) is 14.9 Å². The monoisotopic (exact) mass is 277 g/mol. The Morgan fingerprint density at radius 2 is 1.85 bits per heavy atom. The molecule has 1 amide bonds. The lowest BCUT2D eigenvalue weighted by molar-refractivity contribution is -0.144. The SMILES string of the molecule is CCOC(=O)C(C)NC(=O)c1ccccc1C(C)(C)C. The lowest BCUT2D eigenvalue weighted by atomic mass is 9.83. The molecule has 1 N–H and O–H groups in total. The van der Waals surface area contributed by atoms with E-state index in [2.05, 4.69) is 5.32 Å². The lowest BCUT2D eigenvalue weighted by Crippen LogP contribution is -2.40. The van der Waals surface area contributed by atoms with Gasteiger partial charge in [-0.3, -0.25) is 4.79 Å². The summed E-state index contributed by atoms with van der Waals surface area (Å²) in [5.74, 6) is -0.676. The van der Waals surface area contributed by atoms with Crippen LogP contribution in [0.4, 0.5) is 0 Å². The second-order valence-electron chi connectivity index (χ2n) is 5.74. The molecule has 20 heavy (non-hydrogen) atoms. The van der Waals surface area contributed by atoms with Crippen molar-refractivity contribution in [2.75, 3.05) is 6.61 Å². The highest BCUT2D eigenvalue weighted by atomic mass is 16.5. The third-order valence-corrected chi connectivity index (χ3v) is 2.97. The molecule has 0 radical (unpaired) electrons. The zero-order valence-corrected chi connectivity index (χ0v) is 12.8. The average molecular weight is 277 g/mol. The minimum atomic E-state index is -0.657. The van der Waals surface area contributed by atoms with Crippen LogP contribution in [0.5, 0.6) is 0 Å². The summed E-state index contributed by atoms with van der Waals surface area (Å²) in [6.07, 6.45) is 0. The van der Waals surface area contributed by atoms with Crippen molar-refractivity contribution in [1.82, 2.24) is 5.32 Å². The molecule has 0 saturated carbocycles. The van der Waals surface area contributed by atoms with Crippen LogP contribution in [0.2, 0.25) is 0 Å². The van der Waals surface area contributed by atoms with E-state index in [0.717, 1.165) is 5.56 Å². The maximum atomic E-state index is 12.3. The van der Waals surface area contributed by atoms with Crippen LogP contribution in [0, 0.1) is 0 Å². The molecular weight excluding hydrogens is 254 g/mol. The van der Waals surface area contributed by atoms with Crippen molar-refractivity contribution in [1.29, 1.82) is 0 Å². The van der Waals surface area contributed by atoms with Gasteiger partial charge in [-0.25, -0.2) is 4.79 Å². The highest BCUT2D eigenvalue weighted by molar-refractivity contribution is 5.98. The van der Waals surface area contributed by atoms with Gasteiger partial charge in [-0.2, -0.15) is 0 Å². The number of amides is 1. The van der Waals surface area contributed by atoms with Crippen molar-refractivity contribution >= 4 is 11.9 Å². The molecule has 110 valence electrons. The van der Waals surface area contributed by atoms with Crippen molar-refractivity contribution in [2.45, 2.75) is 46.1 Å². The van der Waals surface area contributed by atoms with Crippen LogP contribution in [0.25, 0.3) is 0 Å². The van der Waals surface area contributed by atoms with E-state index in [1.54, 1.807) is 19.9 Å². The Morgan fingerprint density at radius 1 is 1.25 bits per heavy atom. The van der Waals surface area contributed by atoms with Gasteiger partial charge < -0.3 is 10.1 Å². The number of ether oxygens (including phenoxy) is 1. The van der Waals surface area contributed by atoms with Crippen LogP contribution in [0.1, 0.15) is 50.5 Å². The molecule has 0 aliphatic rings. The number of benzene rings is 1. The molecule has 0 heterocycles. The molecule has 0 aliphatic heterocycles. The van der Waals surface area contributed by atoms with Crippen molar-refractivity contribution in [3.05, 3.63) is 35.4 Å². The minimum absolute atomic E-state index is 0.138. The molecule has 1 atom stereocenters. The van der Waals surface area contributed by atoms with Gasteiger partial charge in [0.25, 0.3) is 5.91 Å². The first-order valence-corrected chi connectivity index (χ1v) is 6.84. The van der Waals surface area contributed by atoms with E-state index in [0.29, 0.717) is 12.2 Å². The molecule has 1 unspecified atom stereocenters. The number of carbonyl (C=O) groups excluding carboxylic acids is 2. The Kier molecular flexibility index (Phi) is 5.31. The molecule has 0 fully saturated rings. The van der Waals surface area contributed by atoms with Gasteiger partial charge >= 0.3 is 5.97 Å². The highest BCUT2D eigenvalue weighted by Crippen LogP contribution is 2.25. The Hall–Kier alpha value is -1.84. The quantitative estimate of drug-likeness (QED) is 0.861. The maximum Gasteiger partial charge on any atom is 0.328 e. The van der Waals surface area contributed by atoms with Crippen LogP contribution in [0.15, 0.2) is 24.3 Å². The Bertz CT molecular complexity index is 489. The van der Waals surface area contributed by atoms with Crippen molar-refractivity contribution in [3.63, 3.8) is 0 Å². The average Bonchev–Trinajstić information content (AvgIpc) is 2.37. The molecule has 0 spiro atoms. The van der Waals surface area contributed by atoms with Crippen LogP contribution >= 0.6 is 0 Å². The summed E-state index contributed by atoms with van der Waals surface area (Å²) in [5.41, 5.74) is 1.41. The molecule has 0 saturated heterocycles. The molecule has 0 aromatic heterocycles. The van der Waals surface area contributed by atoms with Crippen molar-refractivity contribution < 1.29 is 14.3 Å². The topological polar surface area (TPSA) is 55.4 Å². The van der Waals surface area contributed by atoms with Crippen molar-refractivity contribution in [2.24, 2.45) is 0 Å². The zero-order valence-electron chi connectivity index (χ0n) is 12.8. The Morgan fingerprint density at radius 3 is 2.40 bits per heavy atom. The van der Waals surface area contributed by atoms with E-state index in [-0.39, 0.29) is 11.3 Å². The van der Waals surface area contributed by atoms with Gasteiger partial charge in [-0.1, -0.05) is 39.0 Å². The third kappa shape index (κ3) is 4.08. The number of rotatable bonds is 4. The van der Waals surface area contributed by atoms with Crippen LogP contribution in [-0.4, -0.2) is 24.5 Å². The fourth-order valence-electron chi connectivity index (χ4n) is 1.94. The number of hydrogen-bond donors (Lipinski definition) is 1. The first-order chi connectivity index (χ1) is 9.27. The summed E-state index contributed by atoms with van der Waals surface area (Å²) in [5, 5.41) is 2.68. The van der Waals surface area contributed by atoms with Gasteiger partial charge in [0.15, 0.2) is 0 Å². The summed E-state index contributed by atoms with van der Waals surface area (Å²) >= 11 is 0. The summed E-state index contributed by atoms with van der Waals surface area (Å²) in [7, 11) is 0. The molecule has 1 aromatic carbocycles.